The van der Waals surface area contributed by atoms with Crippen molar-refractivity contribution < 1.29 is 22.7 Å². The molecule has 0 spiro atoms. The molecule has 1 aliphatic heterocycles. The zero-order valence-corrected chi connectivity index (χ0v) is 11.9. The van der Waals surface area contributed by atoms with Gasteiger partial charge in [-0.15, -0.1) is 0 Å². The molecule has 2 unspecified atom stereocenters. The van der Waals surface area contributed by atoms with Crippen LogP contribution >= 0.6 is 11.6 Å². The summed E-state index contributed by atoms with van der Waals surface area (Å²) in [5, 5.41) is 2.01. The van der Waals surface area contributed by atoms with Crippen molar-refractivity contribution in [2.45, 2.75) is 19.1 Å². The molecule has 1 amide bonds. The van der Waals surface area contributed by atoms with Gasteiger partial charge >= 0.3 is 6.18 Å². The Hall–Kier alpha value is -1.31. The van der Waals surface area contributed by atoms with E-state index >= 15 is 0 Å². The predicted octanol–water partition coefficient (Wildman–Crippen LogP) is 2.66. The summed E-state index contributed by atoms with van der Waals surface area (Å²) in [6, 6.07) is 2.69. The smallest absolute Gasteiger partial charge is 0.379 e. The van der Waals surface area contributed by atoms with Crippen molar-refractivity contribution >= 4 is 23.2 Å². The number of anilines is 1. The van der Waals surface area contributed by atoms with Crippen molar-refractivity contribution in [3.05, 3.63) is 28.8 Å². The Labute approximate surface area is 124 Å². The maximum Gasteiger partial charge on any atom is 0.417 e. The molecule has 2 atom stereocenters. The first-order valence-corrected chi connectivity index (χ1v) is 6.54. The summed E-state index contributed by atoms with van der Waals surface area (Å²) in [7, 11) is 0. The molecule has 3 N–H and O–H groups in total. The molecular formula is C13H14ClF3N2O2. The van der Waals surface area contributed by atoms with E-state index in [4.69, 9.17) is 22.1 Å². The van der Waals surface area contributed by atoms with E-state index in [-0.39, 0.29) is 18.9 Å². The Morgan fingerprint density at radius 2 is 2.19 bits per heavy atom. The zero-order chi connectivity index (χ0) is 15.8. The van der Waals surface area contributed by atoms with Gasteiger partial charge in [-0.2, -0.15) is 13.2 Å². The highest BCUT2D eigenvalue weighted by Gasteiger charge is 2.44. The van der Waals surface area contributed by atoms with Crippen LogP contribution in [0.3, 0.4) is 0 Å². The molecule has 0 aliphatic carbocycles. The number of hydrogen-bond acceptors (Lipinski definition) is 3. The first-order chi connectivity index (χ1) is 9.64. The lowest BCUT2D eigenvalue weighted by Crippen LogP contribution is -2.47. The lowest BCUT2D eigenvalue weighted by atomic mass is 9.85. The number of nitrogens with one attached hydrogen (secondary N) is 1. The fourth-order valence-electron chi connectivity index (χ4n) is 2.02. The summed E-state index contributed by atoms with van der Waals surface area (Å²) in [6.07, 6.45) is -4.59. The molecule has 1 heterocycles. The molecule has 1 aliphatic rings. The minimum Gasteiger partial charge on any atom is -0.379 e. The fourth-order valence-corrected chi connectivity index (χ4v) is 2.24. The number of rotatable bonds is 2. The summed E-state index contributed by atoms with van der Waals surface area (Å²) in [5.74, 6) is -0.483. The van der Waals surface area contributed by atoms with Gasteiger partial charge in [0.2, 0.25) is 5.91 Å². The predicted molar refractivity (Wildman–Crippen MR) is 72.0 cm³/mol. The Bertz CT molecular complexity index is 565. The molecule has 0 saturated carbocycles. The quantitative estimate of drug-likeness (QED) is 0.880. The highest BCUT2D eigenvalue weighted by Crippen LogP contribution is 2.36. The fraction of sp³-hybridized carbons (Fsp3) is 0.462. The Kier molecular flexibility index (Phi) is 4.19. The monoisotopic (exact) mass is 322 g/mol. The lowest BCUT2D eigenvalue weighted by Gasteiger charge is -2.25. The van der Waals surface area contributed by atoms with Gasteiger partial charge in [-0.25, -0.2) is 0 Å². The second-order valence-corrected chi connectivity index (χ2v) is 5.59. The van der Waals surface area contributed by atoms with Crippen LogP contribution in [0.2, 0.25) is 5.02 Å². The van der Waals surface area contributed by atoms with Gasteiger partial charge in [-0.05, 0) is 25.1 Å². The van der Waals surface area contributed by atoms with Crippen molar-refractivity contribution in [3.63, 3.8) is 0 Å². The summed E-state index contributed by atoms with van der Waals surface area (Å²) in [6.45, 7) is 1.97. The Morgan fingerprint density at radius 1 is 1.52 bits per heavy atom. The molecule has 1 aromatic carbocycles. The van der Waals surface area contributed by atoms with Crippen molar-refractivity contribution in [1.29, 1.82) is 0 Å². The largest absolute Gasteiger partial charge is 0.417 e. The molecule has 0 radical (unpaired) electrons. The van der Waals surface area contributed by atoms with Crippen LogP contribution in [0.15, 0.2) is 18.2 Å². The van der Waals surface area contributed by atoms with Crippen LogP contribution in [0.25, 0.3) is 0 Å². The number of carbonyl (C=O) groups excluding carboxylic acids is 1. The SMILES string of the molecule is CC1(C(=O)Nc2ccc(Cl)c(C(F)(F)F)c2)COCC1N. The number of halogens is 4. The van der Waals surface area contributed by atoms with Gasteiger partial charge in [0.05, 0.1) is 29.2 Å². The van der Waals surface area contributed by atoms with Gasteiger partial charge in [-0.3, -0.25) is 4.79 Å². The highest BCUT2D eigenvalue weighted by molar-refractivity contribution is 6.31. The third-order valence-electron chi connectivity index (χ3n) is 3.57. The number of hydrogen-bond donors (Lipinski definition) is 2. The van der Waals surface area contributed by atoms with Crippen molar-refractivity contribution in [3.8, 4) is 0 Å². The van der Waals surface area contributed by atoms with Crippen LogP contribution in [-0.2, 0) is 15.7 Å². The van der Waals surface area contributed by atoms with Crippen LogP contribution < -0.4 is 11.1 Å². The van der Waals surface area contributed by atoms with Crippen LogP contribution in [-0.4, -0.2) is 25.2 Å². The highest BCUT2D eigenvalue weighted by atomic mass is 35.5. The van der Waals surface area contributed by atoms with Gasteiger partial charge < -0.3 is 15.8 Å². The zero-order valence-electron chi connectivity index (χ0n) is 11.1. The number of ether oxygens (including phenoxy) is 1. The van der Waals surface area contributed by atoms with Gasteiger partial charge in [-0.1, -0.05) is 11.6 Å². The molecule has 2 rings (SSSR count). The molecule has 21 heavy (non-hydrogen) atoms. The second kappa shape index (κ2) is 5.47. The van der Waals surface area contributed by atoms with Crippen molar-refractivity contribution in [2.24, 2.45) is 11.1 Å². The standard InChI is InChI=1S/C13H14ClF3N2O2/c1-12(6-21-5-10(12)18)11(20)19-7-2-3-9(14)8(4-7)13(15,16)17/h2-4,10H,5-6,18H2,1H3,(H,19,20). The maximum atomic E-state index is 12.8. The average molecular weight is 323 g/mol. The summed E-state index contributed by atoms with van der Waals surface area (Å²) >= 11 is 5.52. The van der Waals surface area contributed by atoms with Gasteiger partial charge in [0.1, 0.15) is 0 Å². The number of alkyl halides is 3. The molecule has 0 aromatic heterocycles. The normalized spacial score (nSPS) is 25.9. The topological polar surface area (TPSA) is 64.3 Å². The van der Waals surface area contributed by atoms with E-state index < -0.39 is 34.1 Å². The van der Waals surface area contributed by atoms with Crippen LogP contribution in [0.5, 0.6) is 0 Å². The molecule has 1 saturated heterocycles. The average Bonchev–Trinajstić information content (AvgIpc) is 2.72. The minimum absolute atomic E-state index is 0.0112. The number of carbonyl (C=O) groups is 1. The third kappa shape index (κ3) is 3.14. The lowest BCUT2D eigenvalue weighted by molar-refractivity contribution is -0.137. The Balaban J connectivity index is 2.23. The van der Waals surface area contributed by atoms with E-state index in [1.165, 1.54) is 6.07 Å². The van der Waals surface area contributed by atoms with Gasteiger partial charge in [0.25, 0.3) is 0 Å². The summed E-state index contributed by atoms with van der Waals surface area (Å²) in [4.78, 5) is 12.2. The molecule has 116 valence electrons. The summed E-state index contributed by atoms with van der Waals surface area (Å²) < 4.78 is 43.4. The van der Waals surface area contributed by atoms with Crippen LogP contribution in [0.1, 0.15) is 12.5 Å². The van der Waals surface area contributed by atoms with Gasteiger partial charge in [0.15, 0.2) is 0 Å². The van der Waals surface area contributed by atoms with Crippen molar-refractivity contribution in [2.75, 3.05) is 18.5 Å². The number of amides is 1. The number of benzene rings is 1. The van der Waals surface area contributed by atoms with Crippen molar-refractivity contribution in [1.82, 2.24) is 0 Å². The first kappa shape index (κ1) is 16.1. The minimum atomic E-state index is -4.59. The van der Waals surface area contributed by atoms with E-state index in [0.29, 0.717) is 0 Å². The van der Waals surface area contributed by atoms with E-state index in [2.05, 4.69) is 5.32 Å². The molecule has 1 fully saturated rings. The molecule has 4 nitrogen and oxygen atoms in total. The van der Waals surface area contributed by atoms with E-state index in [9.17, 15) is 18.0 Å². The second-order valence-electron chi connectivity index (χ2n) is 5.19. The molecule has 0 bridgehead atoms. The number of nitrogens with two attached hydrogens (primary N) is 1. The van der Waals surface area contributed by atoms with Gasteiger partial charge in [0, 0.05) is 11.7 Å². The van der Waals surface area contributed by atoms with Crippen LogP contribution in [0, 0.1) is 5.41 Å². The third-order valence-corrected chi connectivity index (χ3v) is 3.90. The first-order valence-electron chi connectivity index (χ1n) is 6.16. The molecule has 8 heteroatoms. The van der Waals surface area contributed by atoms with E-state index in [0.717, 1.165) is 12.1 Å². The Morgan fingerprint density at radius 3 is 2.71 bits per heavy atom. The van der Waals surface area contributed by atoms with Crippen LogP contribution in [0.4, 0.5) is 18.9 Å². The molecular weight excluding hydrogens is 309 g/mol. The van der Waals surface area contributed by atoms with E-state index in [1.807, 2.05) is 0 Å². The summed E-state index contributed by atoms with van der Waals surface area (Å²) in [5.41, 5.74) is 3.84. The maximum absolute atomic E-state index is 12.8. The molecule has 1 aromatic rings. The van der Waals surface area contributed by atoms with E-state index in [1.54, 1.807) is 6.92 Å².